The second-order valence-corrected chi connectivity index (χ2v) is 4.87. The van der Waals surface area contributed by atoms with E-state index >= 15 is 0 Å². The van der Waals surface area contributed by atoms with Gasteiger partial charge in [0.25, 0.3) is 5.56 Å². The Labute approximate surface area is 97.0 Å². The van der Waals surface area contributed by atoms with Crippen LogP contribution in [0.3, 0.4) is 0 Å². The van der Waals surface area contributed by atoms with Crippen LogP contribution < -0.4 is 5.56 Å². The predicted molar refractivity (Wildman–Crippen MR) is 63.3 cm³/mol. The van der Waals surface area contributed by atoms with E-state index in [4.69, 9.17) is 12.2 Å². The van der Waals surface area contributed by atoms with Crippen molar-refractivity contribution in [3.05, 3.63) is 37.1 Å². The van der Waals surface area contributed by atoms with Crippen molar-refractivity contribution in [3.63, 3.8) is 0 Å². The Morgan fingerprint density at radius 2 is 2.14 bits per heavy atom. The lowest BCUT2D eigenvalue weighted by Crippen LogP contribution is -2.05. The first-order valence-electron chi connectivity index (χ1n) is 3.73. The number of hydrogen-bond acceptors (Lipinski definition) is 3. The third-order valence-electron chi connectivity index (χ3n) is 1.59. The van der Waals surface area contributed by atoms with E-state index < -0.39 is 0 Å². The molecule has 6 heteroatoms. The summed E-state index contributed by atoms with van der Waals surface area (Å²) in [6.45, 7) is 0. The van der Waals surface area contributed by atoms with Gasteiger partial charge < -0.3 is 4.98 Å². The van der Waals surface area contributed by atoms with E-state index in [9.17, 15) is 4.79 Å². The molecule has 0 aliphatic heterocycles. The number of aromatic amines is 2. The third kappa shape index (κ3) is 2.02. The van der Waals surface area contributed by atoms with Gasteiger partial charge in [0.15, 0.2) is 4.77 Å². The molecule has 0 saturated carbocycles. The minimum atomic E-state index is -0.187. The average Bonchev–Trinajstić information content (AvgIpc) is 2.50. The summed E-state index contributed by atoms with van der Waals surface area (Å²) in [5, 5.41) is 1.95. The molecule has 0 saturated heterocycles. The highest BCUT2D eigenvalue weighted by Crippen LogP contribution is 2.27. The van der Waals surface area contributed by atoms with Crippen LogP contribution in [0.15, 0.2) is 26.8 Å². The van der Waals surface area contributed by atoms with Gasteiger partial charge in [-0.2, -0.15) is 0 Å². The van der Waals surface area contributed by atoms with Gasteiger partial charge >= 0.3 is 0 Å². The summed E-state index contributed by atoms with van der Waals surface area (Å²) < 4.78 is 1.34. The van der Waals surface area contributed by atoms with E-state index in [-0.39, 0.29) is 5.56 Å². The Morgan fingerprint density at radius 3 is 2.71 bits per heavy atom. The number of H-pyrrole nitrogens is 2. The highest BCUT2D eigenvalue weighted by Gasteiger charge is 2.02. The molecule has 0 bridgehead atoms. The molecule has 2 aromatic rings. The Kier molecular flexibility index (Phi) is 2.66. The van der Waals surface area contributed by atoms with Crippen molar-refractivity contribution >= 4 is 39.5 Å². The van der Waals surface area contributed by atoms with Gasteiger partial charge in [-0.3, -0.25) is 9.78 Å². The number of halogens is 1. The second-order valence-electron chi connectivity index (χ2n) is 2.63. The monoisotopic (exact) mass is 288 g/mol. The molecular weight excluding hydrogens is 284 g/mol. The lowest BCUT2D eigenvalue weighted by Gasteiger charge is -1.95. The van der Waals surface area contributed by atoms with Crippen LogP contribution in [0.1, 0.15) is 0 Å². The molecule has 0 atom stereocenters. The summed E-state index contributed by atoms with van der Waals surface area (Å²) in [6.07, 6.45) is 0. The van der Waals surface area contributed by atoms with Gasteiger partial charge in [-0.1, -0.05) is 0 Å². The Bertz CT molecular complexity index is 541. The number of thiophene rings is 1. The van der Waals surface area contributed by atoms with Crippen LogP contribution in [-0.2, 0) is 0 Å². The van der Waals surface area contributed by atoms with Crippen LogP contribution >= 0.6 is 39.5 Å². The van der Waals surface area contributed by atoms with Crippen LogP contribution in [-0.4, -0.2) is 9.97 Å². The summed E-state index contributed by atoms with van der Waals surface area (Å²) in [5.74, 6) is 0. The molecule has 2 N–H and O–H groups in total. The molecule has 0 radical (unpaired) electrons. The van der Waals surface area contributed by atoms with Gasteiger partial charge in [0.05, 0.1) is 10.6 Å². The van der Waals surface area contributed by atoms with Gasteiger partial charge in [-0.15, -0.1) is 11.3 Å². The zero-order chi connectivity index (χ0) is 10.1. The van der Waals surface area contributed by atoms with Crippen molar-refractivity contribution in [2.45, 2.75) is 0 Å². The zero-order valence-electron chi connectivity index (χ0n) is 6.83. The predicted octanol–water partition coefficient (Wildman–Crippen LogP) is 2.92. The molecule has 2 aromatic heterocycles. The minimum absolute atomic E-state index is 0.187. The normalized spacial score (nSPS) is 10.4. The van der Waals surface area contributed by atoms with Crippen molar-refractivity contribution in [3.8, 4) is 10.6 Å². The molecule has 0 fully saturated rings. The maximum Gasteiger partial charge on any atom is 0.252 e. The van der Waals surface area contributed by atoms with E-state index in [0.717, 1.165) is 15.0 Å². The number of aromatic nitrogens is 2. The molecule has 72 valence electrons. The Balaban J connectivity index is 2.62. The smallest absolute Gasteiger partial charge is 0.252 e. The summed E-state index contributed by atoms with van der Waals surface area (Å²) in [6, 6.07) is 3.43. The standard InChI is InChI=1S/C8H5BrN2OS2/c9-4-1-6(14-3-4)5-2-7(12)11-8(13)10-5/h1-3H,(H2,10,11,12,13). The summed E-state index contributed by atoms with van der Waals surface area (Å²) >= 11 is 9.77. The summed E-state index contributed by atoms with van der Waals surface area (Å²) in [4.78, 5) is 17.5. The van der Waals surface area contributed by atoms with Gasteiger partial charge in [-0.05, 0) is 34.2 Å². The maximum atomic E-state index is 11.1. The van der Waals surface area contributed by atoms with E-state index in [1.165, 1.54) is 6.07 Å². The van der Waals surface area contributed by atoms with E-state index in [1.807, 2.05) is 11.4 Å². The maximum absolute atomic E-state index is 11.1. The van der Waals surface area contributed by atoms with E-state index in [1.54, 1.807) is 11.3 Å². The zero-order valence-corrected chi connectivity index (χ0v) is 10.1. The molecule has 0 aliphatic carbocycles. The summed E-state index contributed by atoms with van der Waals surface area (Å²) in [5.41, 5.74) is 0.558. The minimum Gasteiger partial charge on any atom is -0.331 e. The van der Waals surface area contributed by atoms with Crippen LogP contribution in [0.5, 0.6) is 0 Å². The van der Waals surface area contributed by atoms with Crippen molar-refractivity contribution in [2.24, 2.45) is 0 Å². The van der Waals surface area contributed by atoms with E-state index in [2.05, 4.69) is 25.9 Å². The molecular formula is C8H5BrN2OS2. The van der Waals surface area contributed by atoms with Crippen molar-refractivity contribution in [2.75, 3.05) is 0 Å². The van der Waals surface area contributed by atoms with Crippen molar-refractivity contribution in [1.29, 1.82) is 0 Å². The fraction of sp³-hybridized carbons (Fsp3) is 0. The third-order valence-corrected chi connectivity index (χ3v) is 3.52. The first-order chi connectivity index (χ1) is 6.65. The molecule has 14 heavy (non-hydrogen) atoms. The van der Waals surface area contributed by atoms with Crippen LogP contribution in [0.4, 0.5) is 0 Å². The summed E-state index contributed by atoms with van der Waals surface area (Å²) in [7, 11) is 0. The number of hydrogen-bond donors (Lipinski definition) is 2. The molecule has 0 unspecified atom stereocenters. The highest BCUT2D eigenvalue weighted by atomic mass is 79.9. The second kappa shape index (κ2) is 3.80. The molecule has 0 amide bonds. The number of rotatable bonds is 1. The molecule has 0 spiro atoms. The fourth-order valence-corrected chi connectivity index (χ4v) is 2.67. The fourth-order valence-electron chi connectivity index (χ4n) is 1.06. The van der Waals surface area contributed by atoms with E-state index in [0.29, 0.717) is 4.77 Å². The van der Waals surface area contributed by atoms with Crippen molar-refractivity contribution in [1.82, 2.24) is 9.97 Å². The largest absolute Gasteiger partial charge is 0.331 e. The van der Waals surface area contributed by atoms with Crippen LogP contribution in [0, 0.1) is 4.77 Å². The first-order valence-corrected chi connectivity index (χ1v) is 5.81. The highest BCUT2D eigenvalue weighted by molar-refractivity contribution is 9.10. The lowest BCUT2D eigenvalue weighted by atomic mass is 10.3. The van der Waals surface area contributed by atoms with Crippen LogP contribution in [0.2, 0.25) is 0 Å². The SMILES string of the molecule is O=c1cc(-c2cc(Br)cs2)[nH]c(=S)[nH]1. The Morgan fingerprint density at radius 1 is 1.36 bits per heavy atom. The topological polar surface area (TPSA) is 48.6 Å². The molecule has 2 heterocycles. The van der Waals surface area contributed by atoms with Gasteiger partial charge in [0, 0.05) is 15.9 Å². The van der Waals surface area contributed by atoms with Gasteiger partial charge in [0.1, 0.15) is 0 Å². The van der Waals surface area contributed by atoms with Gasteiger partial charge in [-0.25, -0.2) is 0 Å². The quantitative estimate of drug-likeness (QED) is 0.793. The average molecular weight is 289 g/mol. The Hall–Kier alpha value is -0.720. The molecule has 2 rings (SSSR count). The van der Waals surface area contributed by atoms with Gasteiger partial charge in [0.2, 0.25) is 0 Å². The number of nitrogens with one attached hydrogen (secondary N) is 2. The molecule has 0 aliphatic rings. The molecule has 3 nitrogen and oxygen atoms in total. The first kappa shape index (κ1) is 9.82. The van der Waals surface area contributed by atoms with Crippen molar-refractivity contribution < 1.29 is 0 Å². The molecule has 0 aromatic carbocycles. The lowest BCUT2D eigenvalue weighted by molar-refractivity contribution is 1.10. The van der Waals surface area contributed by atoms with Crippen LogP contribution in [0.25, 0.3) is 10.6 Å².